The molecule has 0 aromatic carbocycles. The fourth-order valence-corrected chi connectivity index (χ4v) is 2.93. The monoisotopic (exact) mass is 233 g/mol. The highest BCUT2D eigenvalue weighted by atomic mass is 32.1. The van der Waals surface area contributed by atoms with Gasteiger partial charge in [-0.15, -0.1) is 0 Å². The van der Waals surface area contributed by atoms with Gasteiger partial charge in [0.15, 0.2) is 0 Å². The Morgan fingerprint density at radius 2 is 1.60 bits per heavy atom. The summed E-state index contributed by atoms with van der Waals surface area (Å²) in [6.45, 7) is 2.63. The Morgan fingerprint density at radius 3 is 2.00 bits per heavy atom. The van der Waals surface area contributed by atoms with Crippen molar-refractivity contribution in [3.05, 3.63) is 0 Å². The summed E-state index contributed by atoms with van der Waals surface area (Å²) in [5.41, 5.74) is 0.327. The van der Waals surface area contributed by atoms with E-state index in [2.05, 4.69) is 17.5 Å². The SMILES string of the molecule is OCCN(CCO)CC1(CS)CCCC1. The van der Waals surface area contributed by atoms with E-state index in [9.17, 15) is 0 Å². The molecule has 0 heterocycles. The molecule has 0 aromatic heterocycles. The van der Waals surface area contributed by atoms with Gasteiger partial charge in [-0.1, -0.05) is 12.8 Å². The summed E-state index contributed by atoms with van der Waals surface area (Å²) in [5, 5.41) is 17.9. The molecule has 0 amide bonds. The van der Waals surface area contributed by atoms with E-state index in [-0.39, 0.29) is 13.2 Å². The summed E-state index contributed by atoms with van der Waals surface area (Å²) < 4.78 is 0. The van der Waals surface area contributed by atoms with Gasteiger partial charge in [-0.25, -0.2) is 0 Å². The van der Waals surface area contributed by atoms with E-state index < -0.39 is 0 Å². The number of hydrogen-bond donors (Lipinski definition) is 3. The summed E-state index contributed by atoms with van der Waals surface area (Å²) in [5.74, 6) is 0.917. The number of rotatable bonds is 7. The third kappa shape index (κ3) is 3.94. The first-order valence-electron chi connectivity index (χ1n) is 5.81. The van der Waals surface area contributed by atoms with Crippen molar-refractivity contribution in [1.29, 1.82) is 0 Å². The molecule has 2 N–H and O–H groups in total. The molecule has 0 unspecified atom stereocenters. The standard InChI is InChI=1S/C11H23NO2S/c13-7-5-12(6-8-14)9-11(10-15)3-1-2-4-11/h13-15H,1-10H2. The molecule has 3 nitrogen and oxygen atoms in total. The Balaban J connectivity index is 2.46. The molecule has 0 aliphatic heterocycles. The van der Waals surface area contributed by atoms with Crippen molar-refractivity contribution in [2.75, 3.05) is 38.6 Å². The van der Waals surface area contributed by atoms with Gasteiger partial charge < -0.3 is 10.2 Å². The van der Waals surface area contributed by atoms with Crippen LogP contribution in [0.5, 0.6) is 0 Å². The van der Waals surface area contributed by atoms with Crippen LogP contribution in [0.25, 0.3) is 0 Å². The Morgan fingerprint density at radius 1 is 1.07 bits per heavy atom. The van der Waals surface area contributed by atoms with Crippen LogP contribution < -0.4 is 0 Å². The highest BCUT2D eigenvalue weighted by Crippen LogP contribution is 2.39. The fourth-order valence-electron chi connectivity index (χ4n) is 2.52. The number of hydrogen-bond acceptors (Lipinski definition) is 4. The zero-order chi connectivity index (χ0) is 11.1. The van der Waals surface area contributed by atoms with Crippen LogP contribution in [-0.2, 0) is 0 Å². The fraction of sp³-hybridized carbons (Fsp3) is 1.00. The largest absolute Gasteiger partial charge is 0.395 e. The van der Waals surface area contributed by atoms with Gasteiger partial charge in [-0.05, 0) is 24.0 Å². The molecule has 0 spiro atoms. The summed E-state index contributed by atoms with van der Waals surface area (Å²) in [6, 6.07) is 0. The lowest BCUT2D eigenvalue weighted by atomic mass is 9.88. The quantitative estimate of drug-likeness (QED) is 0.569. The lowest BCUT2D eigenvalue weighted by Crippen LogP contribution is -2.40. The third-order valence-corrected chi connectivity index (χ3v) is 4.06. The van der Waals surface area contributed by atoms with Crippen LogP contribution in [0.1, 0.15) is 25.7 Å². The molecule has 15 heavy (non-hydrogen) atoms. The molecule has 4 heteroatoms. The van der Waals surface area contributed by atoms with Crippen molar-refractivity contribution in [2.45, 2.75) is 25.7 Å². The van der Waals surface area contributed by atoms with Gasteiger partial charge >= 0.3 is 0 Å². The van der Waals surface area contributed by atoms with Crippen LogP contribution in [0.2, 0.25) is 0 Å². The average Bonchev–Trinajstić information content (AvgIpc) is 2.68. The number of thiol groups is 1. The molecule has 0 radical (unpaired) electrons. The predicted octanol–water partition coefficient (Wildman–Crippen LogP) is 0.763. The Bertz CT molecular complexity index is 166. The van der Waals surface area contributed by atoms with E-state index in [1.54, 1.807) is 0 Å². The van der Waals surface area contributed by atoms with Crippen LogP contribution in [-0.4, -0.2) is 53.7 Å². The minimum absolute atomic E-state index is 0.169. The van der Waals surface area contributed by atoms with Gasteiger partial charge in [-0.2, -0.15) is 12.6 Å². The second-order valence-electron chi connectivity index (χ2n) is 4.59. The third-order valence-electron chi connectivity index (χ3n) is 3.39. The lowest BCUT2D eigenvalue weighted by molar-refractivity contribution is 0.117. The van der Waals surface area contributed by atoms with Gasteiger partial charge in [0.05, 0.1) is 13.2 Å². The number of aliphatic hydroxyl groups is 2. The second kappa shape index (κ2) is 6.74. The molecular formula is C11H23NO2S. The van der Waals surface area contributed by atoms with Crippen molar-refractivity contribution >= 4 is 12.6 Å². The molecular weight excluding hydrogens is 210 g/mol. The first kappa shape index (κ1) is 13.3. The number of aliphatic hydroxyl groups excluding tert-OH is 2. The molecule has 0 bridgehead atoms. The lowest BCUT2D eigenvalue weighted by Gasteiger charge is -2.33. The summed E-state index contributed by atoms with van der Waals surface area (Å²) in [4.78, 5) is 2.15. The van der Waals surface area contributed by atoms with Gasteiger partial charge in [-0.3, -0.25) is 4.90 Å². The minimum atomic E-state index is 0.169. The molecule has 0 atom stereocenters. The smallest absolute Gasteiger partial charge is 0.0558 e. The second-order valence-corrected chi connectivity index (χ2v) is 4.90. The first-order chi connectivity index (χ1) is 7.26. The van der Waals surface area contributed by atoms with Gasteiger partial charge in [0.2, 0.25) is 0 Å². The van der Waals surface area contributed by atoms with Crippen LogP contribution in [0.3, 0.4) is 0 Å². The van der Waals surface area contributed by atoms with Crippen molar-refractivity contribution in [3.63, 3.8) is 0 Å². The van der Waals surface area contributed by atoms with Gasteiger partial charge in [0, 0.05) is 19.6 Å². The topological polar surface area (TPSA) is 43.7 Å². The Labute approximate surface area is 97.9 Å². The zero-order valence-electron chi connectivity index (χ0n) is 9.36. The molecule has 1 aliphatic carbocycles. The number of nitrogens with zero attached hydrogens (tertiary/aromatic N) is 1. The van der Waals surface area contributed by atoms with Crippen LogP contribution in [0.15, 0.2) is 0 Å². The highest BCUT2D eigenvalue weighted by molar-refractivity contribution is 7.80. The van der Waals surface area contributed by atoms with E-state index in [1.807, 2.05) is 0 Å². The van der Waals surface area contributed by atoms with Crippen LogP contribution in [0, 0.1) is 5.41 Å². The van der Waals surface area contributed by atoms with Gasteiger partial charge in [0.1, 0.15) is 0 Å². The summed E-state index contributed by atoms with van der Waals surface area (Å²) in [6.07, 6.45) is 5.08. The van der Waals surface area contributed by atoms with E-state index in [0.29, 0.717) is 18.5 Å². The Kier molecular flexibility index (Phi) is 5.97. The van der Waals surface area contributed by atoms with Gasteiger partial charge in [0.25, 0.3) is 0 Å². The first-order valence-corrected chi connectivity index (χ1v) is 6.44. The molecule has 1 rings (SSSR count). The molecule has 1 fully saturated rings. The molecule has 90 valence electrons. The average molecular weight is 233 g/mol. The molecule has 0 aromatic rings. The van der Waals surface area contributed by atoms with Crippen molar-refractivity contribution < 1.29 is 10.2 Å². The van der Waals surface area contributed by atoms with E-state index in [1.165, 1.54) is 25.7 Å². The summed E-state index contributed by atoms with van der Waals surface area (Å²) in [7, 11) is 0. The minimum Gasteiger partial charge on any atom is -0.395 e. The highest BCUT2D eigenvalue weighted by Gasteiger charge is 2.33. The van der Waals surface area contributed by atoms with E-state index >= 15 is 0 Å². The van der Waals surface area contributed by atoms with Crippen LogP contribution in [0.4, 0.5) is 0 Å². The maximum absolute atomic E-state index is 8.95. The molecule has 1 aliphatic rings. The van der Waals surface area contributed by atoms with E-state index in [0.717, 1.165) is 12.3 Å². The summed E-state index contributed by atoms with van der Waals surface area (Å²) >= 11 is 4.46. The normalized spacial score (nSPS) is 20.0. The predicted molar refractivity (Wildman–Crippen MR) is 65.4 cm³/mol. The van der Waals surface area contributed by atoms with Crippen LogP contribution >= 0.6 is 12.6 Å². The molecule has 1 saturated carbocycles. The van der Waals surface area contributed by atoms with E-state index in [4.69, 9.17) is 10.2 Å². The van der Waals surface area contributed by atoms with Crippen molar-refractivity contribution in [2.24, 2.45) is 5.41 Å². The maximum Gasteiger partial charge on any atom is 0.0558 e. The van der Waals surface area contributed by atoms with Crippen molar-refractivity contribution in [1.82, 2.24) is 4.90 Å². The van der Waals surface area contributed by atoms with Crippen molar-refractivity contribution in [3.8, 4) is 0 Å². The zero-order valence-corrected chi connectivity index (χ0v) is 10.3. The molecule has 0 saturated heterocycles. The Hall–Kier alpha value is 0.230. The maximum atomic E-state index is 8.95.